The molecule has 0 saturated carbocycles. The summed E-state index contributed by atoms with van der Waals surface area (Å²) in [5.41, 5.74) is 0.890. The molecule has 3 nitrogen and oxygen atoms in total. The van der Waals surface area contributed by atoms with Crippen LogP contribution < -0.4 is 5.32 Å². The normalized spacial score (nSPS) is 10.2. The van der Waals surface area contributed by atoms with Crippen LogP contribution >= 0.6 is 11.8 Å². The van der Waals surface area contributed by atoms with Crippen LogP contribution in [0.2, 0.25) is 0 Å². The third kappa shape index (κ3) is 5.24. The van der Waals surface area contributed by atoms with E-state index in [0.717, 1.165) is 16.3 Å². The Morgan fingerprint density at radius 3 is 2.82 bits per heavy atom. The lowest BCUT2D eigenvalue weighted by atomic mass is 10.3. The number of hydrogen-bond donors (Lipinski definition) is 1. The highest BCUT2D eigenvalue weighted by Gasteiger charge is 2.06. The summed E-state index contributed by atoms with van der Waals surface area (Å²) in [4.78, 5) is 12.8. The molecule has 94 valence electrons. The molecule has 1 N–H and O–H groups in total. The summed E-state index contributed by atoms with van der Waals surface area (Å²) in [5.74, 6) is 0.994. The SMILES string of the molecule is CCOCCC(=O)Nc1ccccc1SCC. The topological polar surface area (TPSA) is 38.3 Å². The van der Waals surface area contributed by atoms with Crippen molar-refractivity contribution < 1.29 is 9.53 Å². The van der Waals surface area contributed by atoms with Crippen molar-refractivity contribution in [3.8, 4) is 0 Å². The molecule has 0 radical (unpaired) electrons. The molecule has 0 aliphatic carbocycles. The minimum absolute atomic E-state index is 0.00241. The summed E-state index contributed by atoms with van der Waals surface area (Å²) in [6.45, 7) is 5.14. The van der Waals surface area contributed by atoms with Gasteiger partial charge in [0.2, 0.25) is 5.91 Å². The van der Waals surface area contributed by atoms with E-state index in [0.29, 0.717) is 19.6 Å². The van der Waals surface area contributed by atoms with Crippen LogP contribution in [0.25, 0.3) is 0 Å². The van der Waals surface area contributed by atoms with E-state index in [-0.39, 0.29) is 5.91 Å². The summed E-state index contributed by atoms with van der Waals surface area (Å²) < 4.78 is 5.15. The zero-order valence-corrected chi connectivity index (χ0v) is 11.2. The van der Waals surface area contributed by atoms with Gasteiger partial charge in [0.25, 0.3) is 0 Å². The number of thioether (sulfide) groups is 1. The van der Waals surface area contributed by atoms with E-state index in [1.165, 1.54) is 0 Å². The Morgan fingerprint density at radius 1 is 1.35 bits per heavy atom. The van der Waals surface area contributed by atoms with Gasteiger partial charge in [-0.25, -0.2) is 0 Å². The van der Waals surface area contributed by atoms with Crippen molar-refractivity contribution >= 4 is 23.4 Å². The highest BCUT2D eigenvalue weighted by Crippen LogP contribution is 2.26. The van der Waals surface area contributed by atoms with Gasteiger partial charge in [0, 0.05) is 11.5 Å². The Hall–Kier alpha value is -1.00. The average Bonchev–Trinajstić information content (AvgIpc) is 2.32. The van der Waals surface area contributed by atoms with Crippen LogP contribution in [-0.2, 0) is 9.53 Å². The van der Waals surface area contributed by atoms with Crippen molar-refractivity contribution in [2.45, 2.75) is 25.2 Å². The van der Waals surface area contributed by atoms with E-state index in [1.807, 2.05) is 31.2 Å². The van der Waals surface area contributed by atoms with Gasteiger partial charge in [-0.15, -0.1) is 11.8 Å². The van der Waals surface area contributed by atoms with Crippen molar-refractivity contribution in [3.05, 3.63) is 24.3 Å². The Labute approximate surface area is 107 Å². The standard InChI is InChI=1S/C13H19NO2S/c1-3-16-10-9-13(15)14-11-7-5-6-8-12(11)17-4-2/h5-8H,3-4,9-10H2,1-2H3,(H,14,15). The molecule has 0 spiro atoms. The van der Waals surface area contributed by atoms with Crippen molar-refractivity contribution in [3.63, 3.8) is 0 Å². The van der Waals surface area contributed by atoms with Crippen molar-refractivity contribution in [2.75, 3.05) is 24.3 Å². The van der Waals surface area contributed by atoms with Crippen LogP contribution in [0.4, 0.5) is 5.69 Å². The molecule has 0 bridgehead atoms. The van der Waals surface area contributed by atoms with Crippen LogP contribution in [0.15, 0.2) is 29.2 Å². The van der Waals surface area contributed by atoms with Crippen LogP contribution in [0.3, 0.4) is 0 Å². The number of ether oxygens (including phenoxy) is 1. The summed E-state index contributed by atoms with van der Waals surface area (Å²) >= 11 is 1.73. The molecule has 4 heteroatoms. The largest absolute Gasteiger partial charge is 0.381 e. The lowest BCUT2D eigenvalue weighted by Crippen LogP contribution is -2.14. The maximum absolute atomic E-state index is 11.6. The Bertz CT molecular complexity index is 355. The summed E-state index contributed by atoms with van der Waals surface area (Å²) in [5, 5.41) is 2.91. The van der Waals surface area contributed by atoms with E-state index in [1.54, 1.807) is 11.8 Å². The molecule has 0 aliphatic heterocycles. The third-order valence-corrected chi connectivity index (χ3v) is 3.09. The highest BCUT2D eigenvalue weighted by atomic mass is 32.2. The maximum Gasteiger partial charge on any atom is 0.226 e. The molecule has 0 saturated heterocycles. The quantitative estimate of drug-likeness (QED) is 0.599. The first-order valence-corrected chi connectivity index (χ1v) is 6.85. The minimum atomic E-state index is 0.00241. The number of benzene rings is 1. The first-order valence-electron chi connectivity index (χ1n) is 5.87. The second-order valence-electron chi connectivity index (χ2n) is 3.42. The molecular weight excluding hydrogens is 234 g/mol. The zero-order chi connectivity index (χ0) is 12.5. The molecule has 0 aromatic heterocycles. The van der Waals surface area contributed by atoms with Gasteiger partial charge in [0.1, 0.15) is 0 Å². The zero-order valence-electron chi connectivity index (χ0n) is 10.4. The van der Waals surface area contributed by atoms with Crippen LogP contribution in [0, 0.1) is 0 Å². The lowest BCUT2D eigenvalue weighted by Gasteiger charge is -2.09. The number of para-hydroxylation sites is 1. The second-order valence-corrected chi connectivity index (χ2v) is 4.73. The predicted octanol–water partition coefficient (Wildman–Crippen LogP) is 3.16. The molecule has 0 atom stereocenters. The summed E-state index contributed by atoms with van der Waals surface area (Å²) in [6.07, 6.45) is 0.402. The van der Waals surface area contributed by atoms with Crippen LogP contribution in [0.1, 0.15) is 20.3 Å². The fraction of sp³-hybridized carbons (Fsp3) is 0.462. The van der Waals surface area contributed by atoms with Gasteiger partial charge in [-0.2, -0.15) is 0 Å². The van der Waals surface area contributed by atoms with Crippen LogP contribution in [-0.4, -0.2) is 24.9 Å². The van der Waals surface area contributed by atoms with Crippen molar-refractivity contribution in [1.82, 2.24) is 0 Å². The number of carbonyl (C=O) groups excluding carboxylic acids is 1. The van der Waals surface area contributed by atoms with E-state index in [9.17, 15) is 4.79 Å². The van der Waals surface area contributed by atoms with Crippen molar-refractivity contribution in [1.29, 1.82) is 0 Å². The maximum atomic E-state index is 11.6. The van der Waals surface area contributed by atoms with Gasteiger partial charge in [-0.05, 0) is 24.8 Å². The Kier molecular flexibility index (Phi) is 6.74. The number of carbonyl (C=O) groups is 1. The Morgan fingerprint density at radius 2 is 2.12 bits per heavy atom. The molecule has 0 heterocycles. The van der Waals surface area contributed by atoms with Gasteiger partial charge in [0.05, 0.1) is 18.7 Å². The van der Waals surface area contributed by atoms with Crippen molar-refractivity contribution in [2.24, 2.45) is 0 Å². The average molecular weight is 253 g/mol. The molecule has 1 aromatic carbocycles. The molecule has 17 heavy (non-hydrogen) atoms. The Balaban J connectivity index is 2.52. The smallest absolute Gasteiger partial charge is 0.226 e. The molecule has 1 aromatic rings. The number of amides is 1. The first kappa shape index (κ1) is 14.1. The number of nitrogens with one attached hydrogen (secondary N) is 1. The number of anilines is 1. The highest BCUT2D eigenvalue weighted by molar-refractivity contribution is 7.99. The molecule has 0 fully saturated rings. The van der Waals surface area contributed by atoms with Gasteiger partial charge in [-0.1, -0.05) is 19.1 Å². The monoisotopic (exact) mass is 253 g/mol. The fourth-order valence-corrected chi connectivity index (χ4v) is 2.13. The van der Waals surface area contributed by atoms with Gasteiger partial charge >= 0.3 is 0 Å². The second kappa shape index (κ2) is 8.14. The first-order chi connectivity index (χ1) is 8.27. The third-order valence-electron chi connectivity index (χ3n) is 2.14. The molecular formula is C13H19NO2S. The minimum Gasteiger partial charge on any atom is -0.381 e. The summed E-state index contributed by atoms with van der Waals surface area (Å²) in [6, 6.07) is 7.86. The van der Waals surface area contributed by atoms with Gasteiger partial charge in [0.15, 0.2) is 0 Å². The summed E-state index contributed by atoms with van der Waals surface area (Å²) in [7, 11) is 0. The fourth-order valence-electron chi connectivity index (χ4n) is 1.37. The molecule has 0 aliphatic rings. The predicted molar refractivity (Wildman–Crippen MR) is 72.6 cm³/mol. The molecule has 1 amide bonds. The molecule has 0 unspecified atom stereocenters. The number of rotatable bonds is 7. The number of hydrogen-bond acceptors (Lipinski definition) is 3. The van der Waals surface area contributed by atoms with E-state index >= 15 is 0 Å². The molecule has 1 rings (SSSR count). The van der Waals surface area contributed by atoms with Gasteiger partial charge < -0.3 is 10.1 Å². The van der Waals surface area contributed by atoms with E-state index in [4.69, 9.17) is 4.74 Å². The van der Waals surface area contributed by atoms with E-state index < -0.39 is 0 Å². The lowest BCUT2D eigenvalue weighted by molar-refractivity contribution is -0.117. The van der Waals surface area contributed by atoms with Gasteiger partial charge in [-0.3, -0.25) is 4.79 Å². The van der Waals surface area contributed by atoms with E-state index in [2.05, 4.69) is 12.2 Å². The van der Waals surface area contributed by atoms with Crippen LogP contribution in [0.5, 0.6) is 0 Å².